The number of carbonyl (C=O) groups excluding carboxylic acids is 3. The van der Waals surface area contributed by atoms with Crippen LogP contribution in [0.1, 0.15) is 54.4 Å². The first-order chi connectivity index (χ1) is 13.8. The van der Waals surface area contributed by atoms with Crippen LogP contribution in [0.25, 0.3) is 0 Å². The molecule has 10 nitrogen and oxygen atoms in total. The van der Waals surface area contributed by atoms with Gasteiger partial charge in [0.05, 0.1) is 12.6 Å². The van der Waals surface area contributed by atoms with Crippen LogP contribution in [-0.2, 0) is 19.2 Å². The minimum atomic E-state index is -1.28. The standard InChI is InChI=1S/C20H38N4O6/c1-10(2)7-13(17(26)23-14(20(29)30)8-11(3)4)22-18(27)15(9-25)24-19(28)16(21)12(5)6/h10-16,25H,7-9,21H2,1-6H3,(H,22,27)(H,23,26)(H,24,28)(H,29,30). The maximum Gasteiger partial charge on any atom is 0.326 e. The molecule has 30 heavy (non-hydrogen) atoms. The molecule has 4 atom stereocenters. The van der Waals surface area contributed by atoms with Crippen molar-refractivity contribution < 1.29 is 29.4 Å². The summed E-state index contributed by atoms with van der Waals surface area (Å²) in [5.74, 6) is -3.23. The van der Waals surface area contributed by atoms with Gasteiger partial charge in [-0.25, -0.2) is 4.79 Å². The van der Waals surface area contributed by atoms with Gasteiger partial charge in [0.2, 0.25) is 17.7 Å². The summed E-state index contributed by atoms with van der Waals surface area (Å²) in [6, 6.07) is -4.23. The second-order valence-electron chi connectivity index (χ2n) is 8.73. The number of carboxylic acid groups (broad SMARTS) is 1. The van der Waals surface area contributed by atoms with Crippen LogP contribution in [0.4, 0.5) is 0 Å². The molecule has 0 fully saturated rings. The summed E-state index contributed by atoms with van der Waals surface area (Å²) in [7, 11) is 0. The normalized spacial score (nSPS) is 15.4. The number of carboxylic acids is 1. The molecule has 0 rings (SSSR count). The van der Waals surface area contributed by atoms with E-state index in [1.54, 1.807) is 13.8 Å². The van der Waals surface area contributed by atoms with E-state index in [4.69, 9.17) is 5.73 Å². The first kappa shape index (κ1) is 27.8. The first-order valence-electron chi connectivity index (χ1n) is 10.3. The van der Waals surface area contributed by atoms with Gasteiger partial charge in [-0.2, -0.15) is 0 Å². The fourth-order valence-corrected chi connectivity index (χ4v) is 2.71. The van der Waals surface area contributed by atoms with Gasteiger partial charge in [-0.15, -0.1) is 0 Å². The summed E-state index contributed by atoms with van der Waals surface area (Å²) in [6.45, 7) is 10.2. The van der Waals surface area contributed by atoms with Crippen LogP contribution in [-0.4, -0.2) is 64.7 Å². The fourth-order valence-electron chi connectivity index (χ4n) is 2.71. The van der Waals surface area contributed by atoms with Gasteiger partial charge in [0.15, 0.2) is 0 Å². The Morgan fingerprint density at radius 1 is 0.733 bits per heavy atom. The molecule has 0 heterocycles. The van der Waals surface area contributed by atoms with Crippen LogP contribution in [0.15, 0.2) is 0 Å². The van der Waals surface area contributed by atoms with Crippen LogP contribution >= 0.6 is 0 Å². The molecule has 10 heteroatoms. The van der Waals surface area contributed by atoms with Crippen LogP contribution in [0, 0.1) is 17.8 Å². The average molecular weight is 431 g/mol. The van der Waals surface area contributed by atoms with Crippen molar-refractivity contribution in [2.24, 2.45) is 23.5 Å². The maximum absolute atomic E-state index is 12.7. The zero-order chi connectivity index (χ0) is 23.6. The van der Waals surface area contributed by atoms with Crippen molar-refractivity contribution in [3.8, 4) is 0 Å². The van der Waals surface area contributed by atoms with Gasteiger partial charge in [0, 0.05) is 0 Å². The van der Waals surface area contributed by atoms with E-state index in [-0.39, 0.29) is 30.6 Å². The Labute approximate surface area is 178 Å². The van der Waals surface area contributed by atoms with E-state index in [1.165, 1.54) is 0 Å². The van der Waals surface area contributed by atoms with Crippen LogP contribution in [0.5, 0.6) is 0 Å². The predicted octanol–water partition coefficient (Wildman–Crippen LogP) is -0.407. The predicted molar refractivity (Wildman–Crippen MR) is 112 cm³/mol. The maximum atomic E-state index is 12.7. The molecular weight excluding hydrogens is 392 g/mol. The van der Waals surface area contributed by atoms with Gasteiger partial charge in [0.25, 0.3) is 0 Å². The lowest BCUT2D eigenvalue weighted by molar-refractivity contribution is -0.143. The van der Waals surface area contributed by atoms with E-state index in [2.05, 4.69) is 16.0 Å². The van der Waals surface area contributed by atoms with E-state index in [9.17, 15) is 29.4 Å². The smallest absolute Gasteiger partial charge is 0.326 e. The Bertz CT molecular complexity index is 594. The molecule has 0 aromatic rings. The molecule has 0 aromatic heterocycles. The molecule has 0 aromatic carbocycles. The number of nitrogens with one attached hydrogen (secondary N) is 3. The zero-order valence-electron chi connectivity index (χ0n) is 18.8. The van der Waals surface area contributed by atoms with Gasteiger partial charge in [-0.05, 0) is 30.6 Å². The number of carbonyl (C=O) groups is 4. The number of nitrogens with two attached hydrogens (primary N) is 1. The number of amides is 3. The molecule has 0 aliphatic carbocycles. The van der Waals surface area contributed by atoms with Crippen molar-refractivity contribution in [3.05, 3.63) is 0 Å². The van der Waals surface area contributed by atoms with Crippen LogP contribution < -0.4 is 21.7 Å². The molecule has 174 valence electrons. The second-order valence-corrected chi connectivity index (χ2v) is 8.73. The average Bonchev–Trinajstić information content (AvgIpc) is 2.62. The highest BCUT2D eigenvalue weighted by atomic mass is 16.4. The van der Waals surface area contributed by atoms with Gasteiger partial charge >= 0.3 is 5.97 Å². The number of hydrogen-bond acceptors (Lipinski definition) is 6. The molecule has 0 spiro atoms. The minimum absolute atomic E-state index is 0.0194. The number of hydrogen-bond donors (Lipinski definition) is 6. The largest absolute Gasteiger partial charge is 0.480 e. The first-order valence-corrected chi connectivity index (χ1v) is 10.3. The third-order valence-corrected chi connectivity index (χ3v) is 4.50. The lowest BCUT2D eigenvalue weighted by atomic mass is 10.00. The summed E-state index contributed by atoms with van der Waals surface area (Å²) in [6.07, 6.45) is 0.495. The number of aliphatic carboxylic acids is 1. The summed E-state index contributed by atoms with van der Waals surface area (Å²) < 4.78 is 0. The van der Waals surface area contributed by atoms with Crippen molar-refractivity contribution in [1.82, 2.24) is 16.0 Å². The molecule has 0 radical (unpaired) electrons. The molecule has 3 amide bonds. The minimum Gasteiger partial charge on any atom is -0.480 e. The van der Waals surface area contributed by atoms with Crippen molar-refractivity contribution in [2.75, 3.05) is 6.61 Å². The summed E-state index contributed by atoms with van der Waals surface area (Å²) in [4.78, 5) is 48.8. The molecule has 7 N–H and O–H groups in total. The molecule has 0 saturated heterocycles. The molecular formula is C20H38N4O6. The zero-order valence-corrected chi connectivity index (χ0v) is 18.8. The van der Waals surface area contributed by atoms with Crippen molar-refractivity contribution in [2.45, 2.75) is 78.6 Å². The highest BCUT2D eigenvalue weighted by Crippen LogP contribution is 2.09. The Balaban J connectivity index is 5.28. The third-order valence-electron chi connectivity index (χ3n) is 4.50. The number of aliphatic hydroxyl groups excluding tert-OH is 1. The molecule has 0 saturated carbocycles. The fraction of sp³-hybridized carbons (Fsp3) is 0.800. The van der Waals surface area contributed by atoms with E-state index in [0.717, 1.165) is 0 Å². The van der Waals surface area contributed by atoms with Gasteiger partial charge in [0.1, 0.15) is 18.1 Å². The number of rotatable bonds is 13. The van der Waals surface area contributed by atoms with Crippen LogP contribution in [0.3, 0.4) is 0 Å². The van der Waals surface area contributed by atoms with E-state index in [1.807, 2.05) is 27.7 Å². The molecule has 4 unspecified atom stereocenters. The summed E-state index contributed by atoms with van der Waals surface area (Å²) >= 11 is 0. The summed E-state index contributed by atoms with van der Waals surface area (Å²) in [5.41, 5.74) is 5.76. The topological polar surface area (TPSA) is 171 Å². The Hall–Kier alpha value is -2.20. The highest BCUT2D eigenvalue weighted by Gasteiger charge is 2.31. The molecule has 0 aliphatic rings. The van der Waals surface area contributed by atoms with Crippen molar-refractivity contribution in [3.63, 3.8) is 0 Å². The lowest BCUT2D eigenvalue weighted by Crippen LogP contribution is -2.58. The molecule has 0 aliphatic heterocycles. The summed E-state index contributed by atoms with van der Waals surface area (Å²) in [5, 5.41) is 26.2. The quantitative estimate of drug-likeness (QED) is 0.231. The van der Waals surface area contributed by atoms with E-state index in [0.29, 0.717) is 0 Å². The Kier molecular flexibility index (Phi) is 12.2. The van der Waals surface area contributed by atoms with Crippen molar-refractivity contribution >= 4 is 23.7 Å². The SMILES string of the molecule is CC(C)CC(NC(=O)C(CC(C)C)NC(=O)C(CO)NC(=O)C(N)C(C)C)C(=O)O. The third kappa shape index (κ3) is 10.0. The highest BCUT2D eigenvalue weighted by molar-refractivity contribution is 5.94. The van der Waals surface area contributed by atoms with Crippen molar-refractivity contribution in [1.29, 1.82) is 0 Å². The number of aliphatic hydroxyl groups is 1. The van der Waals surface area contributed by atoms with Gasteiger partial charge in [-0.3, -0.25) is 14.4 Å². The molecule has 0 bridgehead atoms. The lowest BCUT2D eigenvalue weighted by Gasteiger charge is -2.26. The monoisotopic (exact) mass is 430 g/mol. The Morgan fingerprint density at radius 2 is 1.13 bits per heavy atom. The van der Waals surface area contributed by atoms with Gasteiger partial charge in [-0.1, -0.05) is 41.5 Å². The van der Waals surface area contributed by atoms with Crippen LogP contribution in [0.2, 0.25) is 0 Å². The van der Waals surface area contributed by atoms with Gasteiger partial charge < -0.3 is 31.9 Å². The van der Waals surface area contributed by atoms with E-state index >= 15 is 0 Å². The Morgan fingerprint density at radius 3 is 1.53 bits per heavy atom. The second kappa shape index (κ2) is 13.2. The van der Waals surface area contributed by atoms with E-state index < -0.39 is 54.5 Å².